The van der Waals surface area contributed by atoms with Crippen LogP contribution in [-0.4, -0.2) is 33.0 Å². The van der Waals surface area contributed by atoms with Crippen molar-refractivity contribution in [2.75, 3.05) is 6.61 Å². The van der Waals surface area contributed by atoms with E-state index < -0.39 is 8.32 Å². The van der Waals surface area contributed by atoms with Crippen molar-refractivity contribution in [3.05, 3.63) is 78.4 Å². The van der Waals surface area contributed by atoms with Crippen LogP contribution in [0.5, 0.6) is 5.75 Å². The van der Waals surface area contributed by atoms with E-state index in [9.17, 15) is 0 Å². The van der Waals surface area contributed by atoms with Gasteiger partial charge in [-0.25, -0.2) is 4.99 Å². The summed E-state index contributed by atoms with van der Waals surface area (Å²) in [5, 5.41) is 0.165. The second-order valence-electron chi connectivity index (χ2n) is 9.19. The van der Waals surface area contributed by atoms with Gasteiger partial charge >= 0.3 is 0 Å². The minimum Gasteiger partial charge on any atom is -0.489 e. The van der Waals surface area contributed by atoms with E-state index in [0.717, 1.165) is 16.9 Å². The van der Waals surface area contributed by atoms with Crippen molar-refractivity contribution in [1.29, 1.82) is 0 Å². The summed E-state index contributed by atoms with van der Waals surface area (Å²) in [4.78, 5) is 4.80. The number of aliphatic imine (C=N–C) groups is 1. The van der Waals surface area contributed by atoms with E-state index in [1.807, 2.05) is 48.5 Å². The molecule has 1 aliphatic heterocycles. The van der Waals surface area contributed by atoms with Gasteiger partial charge in [0.05, 0.1) is 6.61 Å². The maximum Gasteiger partial charge on any atom is 0.217 e. The summed E-state index contributed by atoms with van der Waals surface area (Å²) in [5.74, 6) is 1.46. The topological polar surface area (TPSA) is 40.0 Å². The molecule has 0 saturated heterocycles. The van der Waals surface area contributed by atoms with E-state index in [2.05, 4.69) is 52.6 Å². The third-order valence-electron chi connectivity index (χ3n) is 5.91. The van der Waals surface area contributed by atoms with Crippen LogP contribution in [0.15, 0.2) is 72.2 Å². The number of nitrogens with zero attached hydrogens (tertiary/aromatic N) is 1. The average molecular weight is 424 g/mol. The van der Waals surface area contributed by atoms with Crippen LogP contribution in [-0.2, 0) is 15.8 Å². The van der Waals surface area contributed by atoms with Crippen LogP contribution in [0.1, 0.15) is 31.9 Å². The summed E-state index contributed by atoms with van der Waals surface area (Å²) in [6, 6.07) is 17.9. The molecule has 0 fully saturated rings. The highest BCUT2D eigenvalue weighted by Crippen LogP contribution is 2.37. The molecule has 30 heavy (non-hydrogen) atoms. The van der Waals surface area contributed by atoms with Gasteiger partial charge in [0.25, 0.3) is 0 Å². The van der Waals surface area contributed by atoms with Crippen LogP contribution >= 0.6 is 0 Å². The van der Waals surface area contributed by atoms with Gasteiger partial charge in [-0.1, -0.05) is 57.7 Å². The molecular weight excluding hydrogens is 390 g/mol. The van der Waals surface area contributed by atoms with Gasteiger partial charge in [0.2, 0.25) is 5.90 Å². The Bertz CT molecular complexity index is 870. The molecule has 2 atom stereocenters. The number of ether oxygens (including phenoxy) is 2. The van der Waals surface area contributed by atoms with Crippen molar-refractivity contribution >= 4 is 14.2 Å². The standard InChI is InChI=1S/C25H33NO3Si/c1-7-23-22(18-28-30(5,6)25(2,3)4)26-24(29-23)20-13-15-21(16-14-20)27-17-19-11-9-8-10-12-19/h7-16,22-23H,1,17-18H2,2-6H3/t22-,23-/m1/s1. The summed E-state index contributed by atoms with van der Waals surface area (Å²) < 4.78 is 18.3. The summed E-state index contributed by atoms with van der Waals surface area (Å²) in [6.45, 7) is 16.2. The highest BCUT2D eigenvalue weighted by atomic mass is 28.4. The quantitative estimate of drug-likeness (QED) is 0.387. The van der Waals surface area contributed by atoms with Crippen molar-refractivity contribution in [2.45, 2.75) is 57.7 Å². The zero-order valence-corrected chi connectivity index (χ0v) is 19.7. The van der Waals surface area contributed by atoms with Gasteiger partial charge in [0.1, 0.15) is 24.5 Å². The van der Waals surface area contributed by atoms with Crippen LogP contribution in [0.2, 0.25) is 18.1 Å². The Morgan fingerprint density at radius 3 is 2.33 bits per heavy atom. The van der Waals surface area contributed by atoms with Crippen LogP contribution < -0.4 is 4.74 Å². The van der Waals surface area contributed by atoms with Gasteiger partial charge in [0, 0.05) is 5.56 Å². The molecule has 1 aliphatic rings. The highest BCUT2D eigenvalue weighted by molar-refractivity contribution is 6.74. The first-order chi connectivity index (χ1) is 14.2. The maximum atomic E-state index is 6.37. The number of hydrogen-bond acceptors (Lipinski definition) is 4. The molecule has 0 bridgehead atoms. The molecule has 0 saturated carbocycles. The lowest BCUT2D eigenvalue weighted by molar-refractivity contribution is 0.186. The van der Waals surface area contributed by atoms with Crippen molar-refractivity contribution in [1.82, 2.24) is 0 Å². The Morgan fingerprint density at radius 1 is 1.07 bits per heavy atom. The molecule has 0 spiro atoms. The second-order valence-corrected chi connectivity index (χ2v) is 14.0. The normalized spacial score (nSPS) is 19.2. The summed E-state index contributed by atoms with van der Waals surface area (Å²) in [7, 11) is -1.84. The lowest BCUT2D eigenvalue weighted by Gasteiger charge is -2.36. The predicted octanol–water partition coefficient (Wildman–Crippen LogP) is 5.99. The van der Waals surface area contributed by atoms with Gasteiger partial charge in [-0.3, -0.25) is 0 Å². The minimum absolute atomic E-state index is 0.0689. The van der Waals surface area contributed by atoms with Crippen molar-refractivity contribution in [3.8, 4) is 5.75 Å². The molecule has 4 nitrogen and oxygen atoms in total. The van der Waals surface area contributed by atoms with Crippen LogP contribution in [0, 0.1) is 0 Å². The van der Waals surface area contributed by atoms with Gasteiger partial charge < -0.3 is 13.9 Å². The molecule has 2 aromatic rings. The molecule has 160 valence electrons. The Balaban J connectivity index is 1.63. The smallest absolute Gasteiger partial charge is 0.217 e. The molecule has 0 radical (unpaired) electrons. The monoisotopic (exact) mass is 423 g/mol. The van der Waals surface area contributed by atoms with Crippen LogP contribution in [0.25, 0.3) is 0 Å². The van der Waals surface area contributed by atoms with E-state index in [1.165, 1.54) is 0 Å². The largest absolute Gasteiger partial charge is 0.489 e. The lowest BCUT2D eigenvalue weighted by Crippen LogP contribution is -2.43. The summed E-state index contributed by atoms with van der Waals surface area (Å²) >= 11 is 0. The number of rotatable bonds is 8. The van der Waals surface area contributed by atoms with E-state index >= 15 is 0 Å². The first kappa shape index (κ1) is 22.3. The average Bonchev–Trinajstić information content (AvgIpc) is 3.14. The van der Waals surface area contributed by atoms with Crippen LogP contribution in [0.3, 0.4) is 0 Å². The molecule has 2 aromatic carbocycles. The van der Waals surface area contributed by atoms with Crippen LogP contribution in [0.4, 0.5) is 0 Å². The van der Waals surface area contributed by atoms with E-state index in [0.29, 0.717) is 19.1 Å². The fourth-order valence-corrected chi connectivity index (χ4v) is 3.91. The van der Waals surface area contributed by atoms with Gasteiger partial charge in [-0.05, 0) is 54.0 Å². The second kappa shape index (κ2) is 9.19. The van der Waals surface area contributed by atoms with Crippen molar-refractivity contribution in [2.24, 2.45) is 4.99 Å². The van der Waals surface area contributed by atoms with Gasteiger partial charge in [-0.15, -0.1) is 0 Å². The maximum absolute atomic E-state index is 6.37. The van der Waals surface area contributed by atoms with Gasteiger partial charge in [0.15, 0.2) is 8.32 Å². The molecular formula is C25H33NO3Si. The molecule has 0 N–H and O–H groups in total. The molecule has 3 rings (SSSR count). The number of benzene rings is 2. The third kappa shape index (κ3) is 5.40. The first-order valence-electron chi connectivity index (χ1n) is 10.5. The lowest BCUT2D eigenvalue weighted by atomic mass is 10.2. The SMILES string of the molecule is C=C[C@H]1OC(c2ccc(OCc3ccccc3)cc2)=N[C@@H]1CO[Si](C)(C)C(C)(C)C. The Morgan fingerprint density at radius 2 is 1.73 bits per heavy atom. The fourth-order valence-electron chi connectivity index (χ4n) is 2.89. The Hall–Kier alpha value is -2.37. The summed E-state index contributed by atoms with van der Waals surface area (Å²) in [5.41, 5.74) is 2.08. The van der Waals surface area contributed by atoms with Crippen molar-refractivity contribution in [3.63, 3.8) is 0 Å². The zero-order valence-electron chi connectivity index (χ0n) is 18.7. The van der Waals surface area contributed by atoms with E-state index in [4.69, 9.17) is 18.9 Å². The number of hydrogen-bond donors (Lipinski definition) is 0. The molecule has 0 amide bonds. The van der Waals surface area contributed by atoms with Crippen molar-refractivity contribution < 1.29 is 13.9 Å². The van der Waals surface area contributed by atoms with E-state index in [-0.39, 0.29) is 17.2 Å². The van der Waals surface area contributed by atoms with E-state index in [1.54, 1.807) is 0 Å². The Labute approximate surface area is 181 Å². The molecule has 0 aliphatic carbocycles. The first-order valence-corrected chi connectivity index (χ1v) is 13.4. The fraction of sp³-hybridized carbons (Fsp3) is 0.400. The predicted molar refractivity (Wildman–Crippen MR) is 126 cm³/mol. The molecule has 0 aromatic heterocycles. The molecule has 1 heterocycles. The summed E-state index contributed by atoms with van der Waals surface area (Å²) in [6.07, 6.45) is 1.65. The van der Waals surface area contributed by atoms with Gasteiger partial charge in [-0.2, -0.15) is 0 Å². The Kier molecular flexibility index (Phi) is 6.83. The third-order valence-corrected chi connectivity index (χ3v) is 10.4. The zero-order chi connectivity index (χ0) is 21.8. The molecule has 5 heteroatoms. The highest BCUT2D eigenvalue weighted by Gasteiger charge is 2.39. The molecule has 0 unspecified atom stereocenters. The minimum atomic E-state index is -1.84.